The minimum atomic E-state index is -1.97. The first-order valence-electron chi connectivity index (χ1n) is 27.6. The van der Waals surface area contributed by atoms with Gasteiger partial charge in [-0.15, -0.1) is 0 Å². The number of carbonyl (C=O) groups excluding carboxylic acids is 4. The van der Waals surface area contributed by atoms with E-state index in [1.807, 2.05) is 78.9 Å². The van der Waals surface area contributed by atoms with Crippen molar-refractivity contribution >= 4 is 128 Å². The predicted molar refractivity (Wildman–Crippen MR) is 329 cm³/mol. The minimum Gasteiger partial charge on any atom is -0.497 e. The molecule has 4 amide bonds. The van der Waals surface area contributed by atoms with Crippen molar-refractivity contribution in [1.82, 2.24) is 29.7 Å². The molecule has 4 N–H and O–H groups in total. The number of aromatic nitrogens is 4. The zero-order valence-electron chi connectivity index (χ0n) is 47.7. The van der Waals surface area contributed by atoms with Crippen LogP contribution in [0.4, 0.5) is 0 Å². The first-order valence-corrected chi connectivity index (χ1v) is 33.8. The summed E-state index contributed by atoms with van der Waals surface area (Å²) in [6.07, 6.45) is 12.0. The van der Waals surface area contributed by atoms with Crippen molar-refractivity contribution in [3.8, 4) is 11.5 Å². The smallest absolute Gasteiger partial charge is 0.259 e. The van der Waals surface area contributed by atoms with E-state index < -0.39 is 28.4 Å². The molecule has 9 aromatic rings. The largest absolute Gasteiger partial charge is 0.497 e. The molecule has 2 aliphatic carbocycles. The summed E-state index contributed by atoms with van der Waals surface area (Å²) in [4.78, 5) is 60.3. The van der Waals surface area contributed by atoms with E-state index in [-0.39, 0.29) is 51.8 Å². The fourth-order valence-corrected chi connectivity index (χ4v) is 14.9. The lowest BCUT2D eigenvalue weighted by Crippen LogP contribution is -2.43. The molecular formula is C64H67ClN6O8Si2. The Kier molecular flexibility index (Phi) is 12.9. The average Bonchev–Trinajstić information content (AvgIpc) is 4.52. The number of benzene rings is 5. The zero-order chi connectivity index (χ0) is 57.4. The van der Waals surface area contributed by atoms with Gasteiger partial charge in [0.1, 0.15) is 16.7 Å². The summed E-state index contributed by atoms with van der Waals surface area (Å²) in [7, 11) is -0.718. The Labute approximate surface area is 476 Å². The van der Waals surface area contributed by atoms with Crippen LogP contribution in [-0.4, -0.2) is 85.8 Å². The molecule has 6 heterocycles. The van der Waals surface area contributed by atoms with E-state index in [0.717, 1.165) is 78.3 Å². The van der Waals surface area contributed by atoms with Gasteiger partial charge in [-0.05, 0) is 84.8 Å². The maximum atomic E-state index is 13.5. The first-order chi connectivity index (χ1) is 38.4. The Balaban J connectivity index is 0.000000161. The first kappa shape index (κ1) is 54.1. The fraction of sp³-hybridized carbons (Fsp3) is 0.312. The molecule has 0 saturated heterocycles. The number of fused-ring (bicyclic) bond motifs is 12. The van der Waals surface area contributed by atoms with E-state index in [0.29, 0.717) is 44.5 Å². The number of aromatic amines is 2. The lowest BCUT2D eigenvalue weighted by Gasteiger charge is -2.38. The molecular weight excluding hydrogens is 1070 g/mol. The molecule has 4 atom stereocenters. The van der Waals surface area contributed by atoms with Crippen LogP contribution in [0.1, 0.15) is 98.3 Å². The molecule has 0 fully saturated rings. The van der Waals surface area contributed by atoms with Gasteiger partial charge in [0, 0.05) is 79.0 Å². The summed E-state index contributed by atoms with van der Waals surface area (Å²) in [6.45, 7) is 22.6. The molecule has 17 heteroatoms. The number of ether oxygens (including phenoxy) is 2. The SMILES string of the molecule is COc1ccc2[nH]c3c(c4c(c5c6ccccc6n([C@H]6C=C[C@@H](O[Si](C)(C)C(C)(C)C)C6)c35)C(=O)NC4=O)c2c1.COc1ccc2[nH]cc(C3=C(c4c(Cl)n([C@H]5C=C[C@@H](O[Si](C)(C)C(C)(C)C)C5)c5ccccc45)C(=O)NC3=O)c2c1. The van der Waals surface area contributed by atoms with Crippen molar-refractivity contribution in [3.63, 3.8) is 0 Å². The lowest BCUT2D eigenvalue weighted by atomic mass is 9.95. The second-order valence-electron chi connectivity index (χ2n) is 24.8. The Hall–Kier alpha value is -7.48. The van der Waals surface area contributed by atoms with E-state index in [1.165, 1.54) is 0 Å². The third-order valence-electron chi connectivity index (χ3n) is 18.0. The molecule has 0 radical (unpaired) electrons. The number of allylic oxidation sites excluding steroid dienone is 2. The van der Waals surface area contributed by atoms with Gasteiger partial charge in [-0.3, -0.25) is 29.8 Å². The van der Waals surface area contributed by atoms with Crippen LogP contribution in [0.5, 0.6) is 11.5 Å². The van der Waals surface area contributed by atoms with Crippen LogP contribution >= 0.6 is 11.6 Å². The lowest BCUT2D eigenvalue weighted by molar-refractivity contribution is -0.122. The van der Waals surface area contributed by atoms with Crippen LogP contribution in [0, 0.1) is 0 Å². The summed E-state index contributed by atoms with van der Waals surface area (Å²) in [5.41, 5.74) is 8.03. The summed E-state index contributed by atoms with van der Waals surface area (Å²) >= 11 is 7.21. The van der Waals surface area contributed by atoms with Gasteiger partial charge < -0.3 is 37.4 Å². The van der Waals surface area contributed by atoms with Gasteiger partial charge in [-0.2, -0.15) is 0 Å². The van der Waals surface area contributed by atoms with Crippen molar-refractivity contribution in [2.24, 2.45) is 0 Å². The molecule has 5 aromatic carbocycles. The molecule has 13 rings (SSSR count). The van der Waals surface area contributed by atoms with Crippen molar-refractivity contribution in [2.45, 2.75) is 115 Å². The van der Waals surface area contributed by atoms with Gasteiger partial charge in [0.05, 0.1) is 77.3 Å². The van der Waals surface area contributed by atoms with Crippen molar-refractivity contribution in [2.75, 3.05) is 14.2 Å². The summed E-state index contributed by atoms with van der Waals surface area (Å²) in [6, 6.07) is 27.4. The second-order valence-corrected chi connectivity index (χ2v) is 34.7. The number of rotatable bonds is 10. The topological polar surface area (TPSA) is 171 Å². The molecule has 4 aromatic heterocycles. The highest BCUT2D eigenvalue weighted by atomic mass is 35.5. The number of para-hydroxylation sites is 2. The molecule has 81 heavy (non-hydrogen) atoms. The fourth-order valence-electron chi connectivity index (χ4n) is 11.9. The van der Waals surface area contributed by atoms with Crippen LogP contribution in [0.3, 0.4) is 0 Å². The number of hydrogen-bond donors (Lipinski definition) is 4. The molecule has 2 aliphatic heterocycles. The van der Waals surface area contributed by atoms with E-state index in [2.05, 4.69) is 128 Å². The third-order valence-corrected chi connectivity index (χ3v) is 27.4. The molecule has 14 nitrogen and oxygen atoms in total. The molecule has 0 saturated carbocycles. The third kappa shape index (κ3) is 8.71. The Morgan fingerprint density at radius 1 is 0.556 bits per heavy atom. The van der Waals surface area contributed by atoms with Crippen LogP contribution in [0.15, 0.2) is 115 Å². The summed E-state index contributed by atoms with van der Waals surface area (Å²) < 4.78 is 28.8. The molecule has 0 spiro atoms. The number of nitrogens with zero attached hydrogens (tertiary/aromatic N) is 2. The number of methoxy groups -OCH3 is 2. The van der Waals surface area contributed by atoms with Crippen LogP contribution in [0.2, 0.25) is 41.4 Å². The Bertz CT molecular complexity index is 4270. The predicted octanol–water partition coefficient (Wildman–Crippen LogP) is 14.5. The molecule has 4 aliphatic rings. The second kappa shape index (κ2) is 19.3. The standard InChI is InChI=1S/C32H34ClN3O4Si.C32H33N3O4Si/c1-32(2,3)41(5,6)40-20-12-11-18(15-20)36-25-10-8-7-9-21(25)26(29(36)33)28-27(30(37)35-31(28)38)23-17-34-24-14-13-19(39-4)16-22(23)24;1-32(2,3)40(5,6)39-19-12-11-17(15-19)35-23-10-8-7-9-20(23)25-27-26(30(36)34-31(27)37)24-21-16-18(38-4)13-14-22(21)33-28(24)29(25)35/h7-14,16-18,20,34H,15H2,1-6H3,(H,35,37,38);7-14,16-17,19,33H,15H2,1-6H3,(H,34,36,37)/t18-,20+;17-,19+/m00/s1. The normalized spacial score (nSPS) is 19.6. The van der Waals surface area contributed by atoms with E-state index >= 15 is 0 Å². The highest BCUT2D eigenvalue weighted by molar-refractivity contribution is 6.74. The van der Waals surface area contributed by atoms with Gasteiger partial charge in [-0.1, -0.05) is 114 Å². The average molecular weight is 1140 g/mol. The van der Waals surface area contributed by atoms with E-state index in [9.17, 15) is 19.2 Å². The van der Waals surface area contributed by atoms with Gasteiger partial charge >= 0.3 is 0 Å². The Morgan fingerprint density at radius 2 is 1.06 bits per heavy atom. The minimum absolute atomic E-state index is 0.0175. The number of halogens is 1. The van der Waals surface area contributed by atoms with Crippen molar-refractivity contribution in [3.05, 3.63) is 143 Å². The molecule has 0 unspecified atom stereocenters. The number of hydrogen-bond acceptors (Lipinski definition) is 8. The van der Waals surface area contributed by atoms with Crippen LogP contribution in [0.25, 0.3) is 76.6 Å². The van der Waals surface area contributed by atoms with E-state index in [4.69, 9.17) is 29.9 Å². The van der Waals surface area contributed by atoms with Gasteiger partial charge in [0.2, 0.25) is 0 Å². The monoisotopic (exact) mass is 1140 g/mol. The van der Waals surface area contributed by atoms with E-state index in [1.54, 1.807) is 20.4 Å². The summed E-state index contributed by atoms with van der Waals surface area (Å²) in [5.74, 6) is -0.290. The van der Waals surface area contributed by atoms with Crippen LogP contribution < -0.4 is 20.1 Å². The quantitative estimate of drug-likeness (QED) is 0.0595. The number of H-pyrrole nitrogens is 2. The number of amides is 4. The zero-order valence-corrected chi connectivity index (χ0v) is 50.5. The maximum Gasteiger partial charge on any atom is 0.259 e. The molecule has 416 valence electrons. The van der Waals surface area contributed by atoms with Gasteiger partial charge in [-0.25, -0.2) is 0 Å². The van der Waals surface area contributed by atoms with Gasteiger partial charge in [0.25, 0.3) is 23.6 Å². The number of imide groups is 2. The molecule has 0 bridgehead atoms. The van der Waals surface area contributed by atoms with Crippen LogP contribution in [-0.2, 0) is 18.4 Å². The summed E-state index contributed by atoms with van der Waals surface area (Å²) in [5, 5.41) is 10.7. The maximum absolute atomic E-state index is 13.5. The highest BCUT2D eigenvalue weighted by Gasteiger charge is 2.44. The Morgan fingerprint density at radius 3 is 1.65 bits per heavy atom. The van der Waals surface area contributed by atoms with Crippen molar-refractivity contribution < 1.29 is 37.5 Å². The van der Waals surface area contributed by atoms with Gasteiger partial charge in [0.15, 0.2) is 16.6 Å². The highest BCUT2D eigenvalue weighted by Crippen LogP contribution is 2.49. The number of carbonyl (C=O) groups is 4. The number of nitrogens with one attached hydrogen (secondary N) is 4. The van der Waals surface area contributed by atoms with Crippen molar-refractivity contribution in [1.29, 1.82) is 0 Å².